The molecule has 1 N–H and O–H groups in total. The van der Waals surface area contributed by atoms with Crippen LogP contribution >= 0.6 is 23.1 Å². The van der Waals surface area contributed by atoms with Gasteiger partial charge in [0.25, 0.3) is 0 Å². The molecule has 5 nitrogen and oxygen atoms in total. The minimum atomic E-state index is -0.602. The van der Waals surface area contributed by atoms with Gasteiger partial charge in [-0.05, 0) is 34.4 Å². The molecule has 2 amide bonds. The fourth-order valence-corrected chi connectivity index (χ4v) is 4.25. The van der Waals surface area contributed by atoms with E-state index in [0.717, 1.165) is 11.1 Å². The largest absolute Gasteiger partial charge is 0.447 e. The summed E-state index contributed by atoms with van der Waals surface area (Å²) in [5.74, 6) is 0.280. The van der Waals surface area contributed by atoms with E-state index >= 15 is 0 Å². The Balaban J connectivity index is 1.53. The van der Waals surface area contributed by atoms with Crippen molar-refractivity contribution in [3.63, 3.8) is 0 Å². The third-order valence-electron chi connectivity index (χ3n) is 3.97. The monoisotopic (exact) mass is 377 g/mol. The maximum Gasteiger partial charge on any atom is 0.417 e. The molecule has 1 aliphatic heterocycles. The maximum atomic E-state index is 12.4. The van der Waals surface area contributed by atoms with E-state index in [4.69, 9.17) is 4.74 Å². The van der Waals surface area contributed by atoms with Gasteiger partial charge in [-0.3, -0.25) is 4.79 Å². The number of hydrogen-bond donors (Lipinski definition) is 1. The van der Waals surface area contributed by atoms with Crippen LogP contribution in [-0.2, 0) is 16.0 Å². The molecule has 2 heterocycles. The fraction of sp³-hybridized carbons (Fsp3) is 0.333. The third kappa shape index (κ3) is 4.62. The zero-order valence-electron chi connectivity index (χ0n) is 13.5. The number of nitrogens with zero attached hydrogens (tertiary/aromatic N) is 1. The van der Waals surface area contributed by atoms with Gasteiger partial charge < -0.3 is 9.84 Å². The van der Waals surface area contributed by atoms with Crippen molar-refractivity contribution in [3.8, 4) is 0 Å². The van der Waals surface area contributed by atoms with Gasteiger partial charge in [0.15, 0.2) is 0 Å². The van der Waals surface area contributed by atoms with Gasteiger partial charge in [-0.2, -0.15) is 11.3 Å². The van der Waals surface area contributed by atoms with Crippen LogP contribution in [0.4, 0.5) is 4.79 Å². The van der Waals surface area contributed by atoms with Gasteiger partial charge in [0, 0.05) is 5.75 Å². The molecular formula is C18H19NO4S2. The molecule has 7 heteroatoms. The number of carbonyl (C=O) groups is 2. The molecule has 1 aromatic carbocycles. The Bertz CT molecular complexity index is 705. The number of carbonyl (C=O) groups excluding carboxylic acids is 2. The molecule has 0 aliphatic carbocycles. The topological polar surface area (TPSA) is 66.8 Å². The van der Waals surface area contributed by atoms with Gasteiger partial charge >= 0.3 is 6.09 Å². The molecule has 25 heavy (non-hydrogen) atoms. The lowest BCUT2D eigenvalue weighted by Gasteiger charge is -2.19. The van der Waals surface area contributed by atoms with E-state index in [1.165, 1.54) is 28.0 Å². The van der Waals surface area contributed by atoms with Gasteiger partial charge in [0.1, 0.15) is 6.61 Å². The normalized spacial score (nSPS) is 18.2. The van der Waals surface area contributed by atoms with E-state index < -0.39 is 12.2 Å². The van der Waals surface area contributed by atoms with E-state index in [2.05, 4.69) is 0 Å². The van der Waals surface area contributed by atoms with Gasteiger partial charge in [-0.15, -0.1) is 11.8 Å². The van der Waals surface area contributed by atoms with Crippen LogP contribution in [0.5, 0.6) is 0 Å². The predicted molar refractivity (Wildman–Crippen MR) is 98.7 cm³/mol. The molecular weight excluding hydrogens is 358 g/mol. The number of aliphatic hydroxyl groups excluding tert-OH is 1. The Kier molecular flexibility index (Phi) is 6.12. The van der Waals surface area contributed by atoms with Crippen molar-refractivity contribution >= 4 is 35.1 Å². The lowest BCUT2D eigenvalue weighted by Crippen LogP contribution is -2.41. The molecule has 132 valence electrons. The van der Waals surface area contributed by atoms with Crippen molar-refractivity contribution in [2.24, 2.45) is 0 Å². The standard InChI is InChI=1S/C18H19NO4S2/c20-16(14-6-7-24-10-14)11-25-12-17(21)19-15(9-23-18(19)22)8-13-4-2-1-3-5-13/h1-7,10,15-16,20H,8-9,11-12H2/t15-,16-/m0/s1. The first kappa shape index (κ1) is 18.0. The predicted octanol–water partition coefficient (Wildman–Crippen LogP) is 3.10. The number of aliphatic hydroxyl groups is 1. The van der Waals surface area contributed by atoms with Crippen LogP contribution in [0.15, 0.2) is 47.2 Å². The molecule has 0 saturated carbocycles. The number of imide groups is 1. The molecule has 0 unspecified atom stereocenters. The number of thioether (sulfide) groups is 1. The Hall–Kier alpha value is -1.83. The van der Waals surface area contributed by atoms with Crippen molar-refractivity contribution in [1.82, 2.24) is 4.90 Å². The van der Waals surface area contributed by atoms with Crippen molar-refractivity contribution in [2.45, 2.75) is 18.6 Å². The van der Waals surface area contributed by atoms with Crippen LogP contribution in [0.25, 0.3) is 0 Å². The average molecular weight is 377 g/mol. The highest BCUT2D eigenvalue weighted by Gasteiger charge is 2.37. The van der Waals surface area contributed by atoms with Crippen molar-refractivity contribution in [3.05, 3.63) is 58.3 Å². The van der Waals surface area contributed by atoms with Gasteiger partial charge in [-0.25, -0.2) is 9.69 Å². The lowest BCUT2D eigenvalue weighted by molar-refractivity contribution is -0.126. The van der Waals surface area contributed by atoms with Crippen molar-refractivity contribution in [2.75, 3.05) is 18.1 Å². The number of benzene rings is 1. The molecule has 1 aromatic heterocycles. The number of hydrogen-bond acceptors (Lipinski definition) is 6. The van der Waals surface area contributed by atoms with Crippen molar-refractivity contribution in [1.29, 1.82) is 0 Å². The SMILES string of the molecule is O=C(CSC[C@H](O)c1ccsc1)N1C(=O)OC[C@@H]1Cc1ccccc1. The van der Waals surface area contributed by atoms with Crippen LogP contribution in [0.1, 0.15) is 17.2 Å². The number of thiophene rings is 1. The van der Waals surface area contributed by atoms with E-state index in [1.54, 1.807) is 0 Å². The van der Waals surface area contributed by atoms with Crippen LogP contribution in [0.2, 0.25) is 0 Å². The van der Waals surface area contributed by atoms with Crippen LogP contribution in [0, 0.1) is 0 Å². The van der Waals surface area contributed by atoms with Crippen LogP contribution in [0.3, 0.4) is 0 Å². The summed E-state index contributed by atoms with van der Waals surface area (Å²) in [5, 5.41) is 13.9. The number of ether oxygens (including phenoxy) is 1. The highest BCUT2D eigenvalue weighted by Crippen LogP contribution is 2.22. The quantitative estimate of drug-likeness (QED) is 0.803. The summed E-state index contributed by atoms with van der Waals surface area (Å²) in [6.07, 6.45) is -0.597. The zero-order valence-corrected chi connectivity index (χ0v) is 15.2. The maximum absolute atomic E-state index is 12.4. The first-order valence-electron chi connectivity index (χ1n) is 7.96. The Morgan fingerprint density at radius 3 is 2.88 bits per heavy atom. The zero-order chi connectivity index (χ0) is 17.6. The average Bonchev–Trinajstić information content (AvgIpc) is 3.26. The Morgan fingerprint density at radius 1 is 1.36 bits per heavy atom. The first-order chi connectivity index (χ1) is 12.1. The van der Waals surface area contributed by atoms with Crippen molar-refractivity contribution < 1.29 is 19.4 Å². The van der Waals surface area contributed by atoms with Gasteiger partial charge in [-0.1, -0.05) is 30.3 Å². The van der Waals surface area contributed by atoms with Gasteiger partial charge in [0.2, 0.25) is 5.91 Å². The highest BCUT2D eigenvalue weighted by molar-refractivity contribution is 7.99. The summed E-state index contributed by atoms with van der Waals surface area (Å²) in [6.45, 7) is 0.224. The van der Waals surface area contributed by atoms with E-state index in [1.807, 2.05) is 47.2 Å². The van der Waals surface area contributed by atoms with Crippen LogP contribution < -0.4 is 0 Å². The second kappa shape index (κ2) is 8.51. The number of rotatable bonds is 7. The minimum Gasteiger partial charge on any atom is -0.447 e. The molecule has 1 saturated heterocycles. The van der Waals surface area contributed by atoms with Crippen LogP contribution in [-0.4, -0.2) is 46.2 Å². The minimum absolute atomic E-state index is 0.140. The molecule has 0 spiro atoms. The smallest absolute Gasteiger partial charge is 0.417 e. The summed E-state index contributed by atoms with van der Waals surface area (Å²) in [4.78, 5) is 25.6. The summed E-state index contributed by atoms with van der Waals surface area (Å²) in [5.41, 5.74) is 1.91. The summed E-state index contributed by atoms with van der Waals surface area (Å²) < 4.78 is 5.07. The molecule has 2 aromatic rings. The molecule has 3 rings (SSSR count). The highest BCUT2D eigenvalue weighted by atomic mass is 32.2. The molecule has 2 atom stereocenters. The molecule has 1 fully saturated rings. The third-order valence-corrected chi connectivity index (χ3v) is 5.68. The number of amides is 2. The lowest BCUT2D eigenvalue weighted by atomic mass is 10.1. The summed E-state index contributed by atoms with van der Waals surface area (Å²) in [6, 6.07) is 11.3. The number of cyclic esters (lactones) is 1. The Labute approximate surface area is 154 Å². The Morgan fingerprint density at radius 2 is 2.16 bits per heavy atom. The fourth-order valence-electron chi connectivity index (χ4n) is 2.69. The van der Waals surface area contributed by atoms with E-state index in [-0.39, 0.29) is 24.3 Å². The summed E-state index contributed by atoms with van der Waals surface area (Å²) in [7, 11) is 0. The molecule has 0 radical (unpaired) electrons. The molecule has 0 bridgehead atoms. The molecule has 1 aliphatic rings. The van der Waals surface area contributed by atoms with Gasteiger partial charge in [0.05, 0.1) is 17.9 Å². The van der Waals surface area contributed by atoms with E-state index in [9.17, 15) is 14.7 Å². The summed E-state index contributed by atoms with van der Waals surface area (Å²) >= 11 is 2.84. The second-order valence-corrected chi connectivity index (χ2v) is 7.58. The second-order valence-electron chi connectivity index (χ2n) is 5.77. The van der Waals surface area contributed by atoms with E-state index in [0.29, 0.717) is 12.2 Å². The first-order valence-corrected chi connectivity index (χ1v) is 10.1.